The number of thiophene rings is 1. The number of nitrogens with zero attached hydrogens (tertiary/aromatic N) is 2. The van der Waals surface area contributed by atoms with E-state index in [0.29, 0.717) is 11.3 Å². The summed E-state index contributed by atoms with van der Waals surface area (Å²) < 4.78 is 0. The van der Waals surface area contributed by atoms with Gasteiger partial charge < -0.3 is 10.7 Å². The van der Waals surface area contributed by atoms with Crippen molar-refractivity contribution >= 4 is 38.1 Å². The minimum absolute atomic E-state index is 0.527. The first-order chi connectivity index (χ1) is 10.3. The molecule has 0 radical (unpaired) electrons. The van der Waals surface area contributed by atoms with Crippen LogP contribution < -0.4 is 5.73 Å². The van der Waals surface area contributed by atoms with E-state index in [1.807, 2.05) is 24.4 Å². The number of nitrogens with two attached hydrogens (primary N) is 1. The fourth-order valence-electron chi connectivity index (χ4n) is 2.47. The first kappa shape index (κ1) is 11.9. The highest BCUT2D eigenvalue weighted by atomic mass is 32.1. The van der Waals surface area contributed by atoms with E-state index in [4.69, 9.17) is 11.0 Å². The van der Waals surface area contributed by atoms with E-state index in [2.05, 4.69) is 22.1 Å². The third kappa shape index (κ3) is 1.77. The number of nitriles is 1. The van der Waals surface area contributed by atoms with Crippen LogP contribution in [0.2, 0.25) is 0 Å². The molecular weight excluding hydrogens is 280 g/mol. The summed E-state index contributed by atoms with van der Waals surface area (Å²) >= 11 is 1.55. The summed E-state index contributed by atoms with van der Waals surface area (Å²) in [5, 5.41) is 11.0. The normalized spacial score (nSPS) is 11.0. The molecule has 3 heterocycles. The van der Waals surface area contributed by atoms with Crippen molar-refractivity contribution in [1.82, 2.24) is 9.97 Å². The summed E-state index contributed by atoms with van der Waals surface area (Å²) in [5.74, 6) is 0. The highest BCUT2D eigenvalue weighted by Gasteiger charge is 2.13. The van der Waals surface area contributed by atoms with E-state index < -0.39 is 0 Å². The Morgan fingerprint density at radius 2 is 2.14 bits per heavy atom. The lowest BCUT2D eigenvalue weighted by molar-refractivity contribution is 1.39. The Kier molecular flexibility index (Phi) is 2.46. The monoisotopic (exact) mass is 290 g/mol. The summed E-state index contributed by atoms with van der Waals surface area (Å²) in [5.41, 5.74) is 9.65. The number of aromatic amines is 1. The van der Waals surface area contributed by atoms with Crippen molar-refractivity contribution in [3.63, 3.8) is 0 Å². The predicted octanol–water partition coefficient (Wildman–Crippen LogP) is 3.90. The second-order valence-electron chi connectivity index (χ2n) is 4.81. The van der Waals surface area contributed by atoms with E-state index >= 15 is 0 Å². The Balaban J connectivity index is 1.97. The van der Waals surface area contributed by atoms with Crippen LogP contribution >= 0.6 is 11.3 Å². The lowest BCUT2D eigenvalue weighted by Gasteiger charge is -2.00. The maximum atomic E-state index is 8.98. The van der Waals surface area contributed by atoms with Crippen molar-refractivity contribution in [2.75, 3.05) is 5.73 Å². The van der Waals surface area contributed by atoms with E-state index in [0.717, 1.165) is 31.6 Å². The molecule has 4 rings (SSSR count). The van der Waals surface area contributed by atoms with Crippen LogP contribution in [0.15, 0.2) is 42.7 Å². The van der Waals surface area contributed by atoms with E-state index in [1.165, 1.54) is 0 Å². The summed E-state index contributed by atoms with van der Waals surface area (Å²) in [6, 6.07) is 12.1. The van der Waals surface area contributed by atoms with Crippen molar-refractivity contribution in [3.05, 3.63) is 48.3 Å². The van der Waals surface area contributed by atoms with Gasteiger partial charge in [0.25, 0.3) is 0 Å². The molecule has 0 saturated heterocycles. The molecule has 21 heavy (non-hydrogen) atoms. The first-order valence-corrected chi connectivity index (χ1v) is 7.23. The molecular formula is C16H10N4S. The van der Waals surface area contributed by atoms with Gasteiger partial charge in [-0.05, 0) is 35.2 Å². The van der Waals surface area contributed by atoms with Crippen molar-refractivity contribution in [3.8, 4) is 16.5 Å². The second-order valence-corrected chi connectivity index (χ2v) is 5.81. The summed E-state index contributed by atoms with van der Waals surface area (Å²) in [7, 11) is 0. The van der Waals surface area contributed by atoms with Crippen LogP contribution in [0.5, 0.6) is 0 Å². The summed E-state index contributed by atoms with van der Waals surface area (Å²) in [4.78, 5) is 9.35. The molecule has 0 fully saturated rings. The number of nitrogen functional groups attached to an aromatic ring is 1. The third-order valence-corrected chi connectivity index (χ3v) is 4.71. The van der Waals surface area contributed by atoms with Gasteiger partial charge in [0.05, 0.1) is 16.1 Å². The van der Waals surface area contributed by atoms with Crippen LogP contribution in [0.1, 0.15) is 5.56 Å². The molecule has 0 bridgehead atoms. The zero-order valence-electron chi connectivity index (χ0n) is 10.9. The van der Waals surface area contributed by atoms with Gasteiger partial charge in [-0.2, -0.15) is 5.26 Å². The largest absolute Gasteiger partial charge is 0.397 e. The number of rotatable bonds is 1. The minimum Gasteiger partial charge on any atom is -0.397 e. The Morgan fingerprint density at radius 3 is 3.00 bits per heavy atom. The molecule has 0 spiro atoms. The average molecular weight is 290 g/mol. The smallest absolute Gasteiger partial charge is 0.126 e. The molecule has 3 N–H and O–H groups in total. The van der Waals surface area contributed by atoms with Crippen molar-refractivity contribution < 1.29 is 0 Å². The Morgan fingerprint density at radius 1 is 1.24 bits per heavy atom. The highest BCUT2D eigenvalue weighted by Crippen LogP contribution is 2.40. The van der Waals surface area contributed by atoms with Gasteiger partial charge in [-0.1, -0.05) is 6.07 Å². The molecule has 0 amide bonds. The van der Waals surface area contributed by atoms with Crippen LogP contribution in [0, 0.1) is 11.3 Å². The fourth-order valence-corrected chi connectivity index (χ4v) is 3.51. The summed E-state index contributed by atoms with van der Waals surface area (Å²) in [6.45, 7) is 0. The van der Waals surface area contributed by atoms with Crippen LogP contribution in [-0.2, 0) is 0 Å². The van der Waals surface area contributed by atoms with Gasteiger partial charge >= 0.3 is 0 Å². The van der Waals surface area contributed by atoms with E-state index in [-0.39, 0.29) is 0 Å². The fraction of sp³-hybridized carbons (Fsp3) is 0. The Hall–Kier alpha value is -2.84. The van der Waals surface area contributed by atoms with E-state index in [9.17, 15) is 0 Å². The number of anilines is 1. The molecule has 0 aliphatic heterocycles. The van der Waals surface area contributed by atoms with Crippen LogP contribution in [-0.4, -0.2) is 9.97 Å². The van der Waals surface area contributed by atoms with Gasteiger partial charge in [0.15, 0.2) is 0 Å². The molecule has 0 unspecified atom stereocenters. The molecule has 3 aromatic heterocycles. The van der Waals surface area contributed by atoms with E-state index in [1.54, 1.807) is 23.6 Å². The van der Waals surface area contributed by atoms with Gasteiger partial charge in [0.2, 0.25) is 0 Å². The topological polar surface area (TPSA) is 78.5 Å². The molecule has 100 valence electrons. The molecule has 0 aliphatic rings. The zero-order valence-corrected chi connectivity index (χ0v) is 11.7. The maximum Gasteiger partial charge on any atom is 0.126 e. The first-order valence-electron chi connectivity index (χ1n) is 6.42. The Labute approximate surface area is 124 Å². The molecule has 4 nitrogen and oxygen atoms in total. The molecule has 4 aromatic rings. The summed E-state index contributed by atoms with van der Waals surface area (Å²) in [6.07, 6.45) is 3.50. The SMILES string of the molecule is N#Cc1cnc2sc(-c3ccc4[nH]ccc4c3)c(N)c2c1. The van der Waals surface area contributed by atoms with Crippen molar-refractivity contribution in [2.24, 2.45) is 0 Å². The van der Waals surface area contributed by atoms with Crippen LogP contribution in [0.25, 0.3) is 31.6 Å². The number of benzene rings is 1. The maximum absolute atomic E-state index is 8.98. The molecule has 5 heteroatoms. The average Bonchev–Trinajstić information content (AvgIpc) is 3.11. The predicted molar refractivity (Wildman–Crippen MR) is 86.0 cm³/mol. The van der Waals surface area contributed by atoms with Gasteiger partial charge in [-0.15, -0.1) is 11.3 Å². The quantitative estimate of drug-likeness (QED) is 0.558. The lowest BCUT2D eigenvalue weighted by atomic mass is 10.1. The third-order valence-electron chi connectivity index (χ3n) is 3.53. The van der Waals surface area contributed by atoms with Gasteiger partial charge in [-0.3, -0.25) is 0 Å². The highest BCUT2D eigenvalue weighted by molar-refractivity contribution is 7.22. The van der Waals surface area contributed by atoms with Crippen LogP contribution in [0.4, 0.5) is 5.69 Å². The lowest BCUT2D eigenvalue weighted by Crippen LogP contribution is -1.86. The standard InChI is InChI=1S/C16H10N4S/c17-7-9-5-12-14(18)15(21-16(12)20-8-9)11-1-2-13-10(6-11)3-4-19-13/h1-6,8,19H,18H2. The Bertz CT molecular complexity index is 1020. The van der Waals surface area contributed by atoms with Crippen molar-refractivity contribution in [2.45, 2.75) is 0 Å². The van der Waals surface area contributed by atoms with Gasteiger partial charge in [0.1, 0.15) is 10.9 Å². The molecule has 0 saturated carbocycles. The van der Waals surface area contributed by atoms with Gasteiger partial charge in [-0.25, -0.2) is 4.98 Å². The van der Waals surface area contributed by atoms with Gasteiger partial charge in [0, 0.05) is 23.3 Å². The number of pyridine rings is 1. The second kappa shape index (κ2) is 4.33. The van der Waals surface area contributed by atoms with Crippen LogP contribution in [0.3, 0.4) is 0 Å². The molecule has 1 aromatic carbocycles. The number of hydrogen-bond acceptors (Lipinski definition) is 4. The van der Waals surface area contributed by atoms with Crippen molar-refractivity contribution in [1.29, 1.82) is 5.26 Å². The number of aromatic nitrogens is 2. The number of nitrogens with one attached hydrogen (secondary N) is 1. The number of fused-ring (bicyclic) bond motifs is 2. The number of H-pyrrole nitrogens is 1. The minimum atomic E-state index is 0.527. The molecule has 0 aliphatic carbocycles. The number of hydrogen-bond donors (Lipinski definition) is 2. The zero-order chi connectivity index (χ0) is 14.4. The molecule has 0 atom stereocenters.